The highest BCUT2D eigenvalue weighted by atomic mass is 35.5. The minimum absolute atomic E-state index is 0.409. The van der Waals surface area contributed by atoms with E-state index in [2.05, 4.69) is 9.72 Å². The number of hydrogen-bond donors (Lipinski definition) is 1. The normalized spacial score (nSPS) is 11.8. The molecule has 106 valence electrons. The van der Waals surface area contributed by atoms with Crippen LogP contribution in [0.2, 0.25) is 0 Å². The van der Waals surface area contributed by atoms with E-state index >= 15 is 0 Å². The van der Waals surface area contributed by atoms with E-state index in [4.69, 9.17) is 17.3 Å². The van der Waals surface area contributed by atoms with Crippen LogP contribution in [0.4, 0.5) is 22.0 Å². The molecule has 0 radical (unpaired) electrons. The number of pyridine rings is 1. The molecule has 0 atom stereocenters. The zero-order valence-electron chi connectivity index (χ0n) is 8.97. The van der Waals surface area contributed by atoms with E-state index in [1.54, 1.807) is 0 Å². The van der Waals surface area contributed by atoms with E-state index in [-0.39, 0.29) is 0 Å². The molecule has 0 aliphatic carbocycles. The fraction of sp³-hybridized carbons (Fsp3) is 0.333. The maximum absolute atomic E-state index is 12.7. The number of alkyl halides is 5. The summed E-state index contributed by atoms with van der Waals surface area (Å²) >= 11 is 5.04. The van der Waals surface area contributed by atoms with Crippen LogP contribution in [0.3, 0.4) is 0 Å². The maximum Gasteiger partial charge on any atom is 0.574 e. The van der Waals surface area contributed by atoms with Gasteiger partial charge in [0, 0.05) is 6.54 Å². The second-order valence-electron chi connectivity index (χ2n) is 3.21. The number of rotatable bonds is 4. The molecule has 1 aromatic heterocycles. The molecule has 0 aliphatic rings. The first kappa shape index (κ1) is 15.6. The predicted octanol–water partition coefficient (Wildman–Crippen LogP) is 2.76. The first-order valence-corrected chi connectivity index (χ1v) is 5.01. The Bertz CT molecular complexity index is 492. The van der Waals surface area contributed by atoms with E-state index in [0.717, 1.165) is 6.07 Å². The molecule has 1 heterocycles. The summed E-state index contributed by atoms with van der Waals surface area (Å²) in [6.45, 7) is -0.534. The molecule has 2 N–H and O–H groups in total. The van der Waals surface area contributed by atoms with Crippen molar-refractivity contribution in [3.05, 3.63) is 22.9 Å². The number of ether oxygens (including phenoxy) is 1. The Morgan fingerprint density at radius 1 is 1.47 bits per heavy atom. The van der Waals surface area contributed by atoms with Gasteiger partial charge in [-0.2, -0.15) is 0 Å². The Morgan fingerprint density at radius 2 is 2.05 bits per heavy atom. The summed E-state index contributed by atoms with van der Waals surface area (Å²) in [5.74, 6) is -1.44. The Balaban J connectivity index is 3.45. The molecule has 0 saturated carbocycles. The van der Waals surface area contributed by atoms with E-state index in [1.165, 1.54) is 0 Å². The van der Waals surface area contributed by atoms with Gasteiger partial charge in [-0.25, -0.2) is 13.8 Å². The van der Waals surface area contributed by atoms with Crippen molar-refractivity contribution in [3.63, 3.8) is 0 Å². The summed E-state index contributed by atoms with van der Waals surface area (Å²) in [5.41, 5.74) is 2.94. The number of aromatic nitrogens is 1. The fourth-order valence-corrected chi connectivity index (χ4v) is 1.37. The second kappa shape index (κ2) is 5.66. The summed E-state index contributed by atoms with van der Waals surface area (Å²) < 4.78 is 65.1. The highest BCUT2D eigenvalue weighted by Crippen LogP contribution is 2.34. The molecule has 0 spiro atoms. The monoisotopic (exact) mass is 304 g/mol. The number of nitrogens with two attached hydrogens (primary N) is 1. The summed E-state index contributed by atoms with van der Waals surface area (Å²) in [6, 6.07) is 0.792. The SMILES string of the molecule is NCc1cc(C(=O)Cl)nc(OC(F)(F)F)c1C(F)F. The molecular formula is C9H6ClF5N2O2. The molecule has 0 bridgehead atoms. The van der Waals surface area contributed by atoms with E-state index in [1.807, 2.05) is 0 Å². The van der Waals surface area contributed by atoms with Crippen LogP contribution in [-0.2, 0) is 6.54 Å². The van der Waals surface area contributed by atoms with Crippen molar-refractivity contribution in [3.8, 4) is 5.88 Å². The van der Waals surface area contributed by atoms with Crippen LogP contribution in [0.15, 0.2) is 6.07 Å². The number of hydrogen-bond acceptors (Lipinski definition) is 4. The van der Waals surface area contributed by atoms with Gasteiger partial charge in [0.05, 0.1) is 5.56 Å². The average molecular weight is 305 g/mol. The Kier molecular flexibility index (Phi) is 4.64. The van der Waals surface area contributed by atoms with Crippen molar-refractivity contribution in [1.82, 2.24) is 4.98 Å². The quantitative estimate of drug-likeness (QED) is 0.686. The lowest BCUT2D eigenvalue weighted by atomic mass is 10.1. The van der Waals surface area contributed by atoms with Crippen LogP contribution >= 0.6 is 11.6 Å². The van der Waals surface area contributed by atoms with Crippen molar-refractivity contribution in [2.45, 2.75) is 19.3 Å². The number of nitrogens with zero attached hydrogens (tertiary/aromatic N) is 1. The standard InChI is InChI=1S/C9H6ClF5N2O2/c10-6(18)4-1-3(2-16)5(7(11)12)8(17-4)19-9(13,14)15/h1,7H,2,16H2. The van der Waals surface area contributed by atoms with Crippen molar-refractivity contribution in [2.75, 3.05) is 0 Å². The third-order valence-corrected chi connectivity index (χ3v) is 2.15. The first-order chi connectivity index (χ1) is 8.65. The topological polar surface area (TPSA) is 65.2 Å². The lowest BCUT2D eigenvalue weighted by Gasteiger charge is -2.15. The van der Waals surface area contributed by atoms with E-state index in [0.29, 0.717) is 0 Å². The predicted molar refractivity (Wildman–Crippen MR) is 54.0 cm³/mol. The van der Waals surface area contributed by atoms with Gasteiger partial charge in [-0.3, -0.25) is 4.79 Å². The third-order valence-electron chi connectivity index (χ3n) is 1.96. The van der Waals surface area contributed by atoms with Crippen molar-refractivity contribution < 1.29 is 31.5 Å². The molecule has 1 aromatic rings. The van der Waals surface area contributed by atoms with E-state index in [9.17, 15) is 26.7 Å². The van der Waals surface area contributed by atoms with Gasteiger partial charge in [0.15, 0.2) is 0 Å². The Labute approximate surface area is 108 Å². The molecular weight excluding hydrogens is 299 g/mol. The molecule has 0 aromatic carbocycles. The van der Waals surface area contributed by atoms with Gasteiger partial charge in [0.25, 0.3) is 11.7 Å². The van der Waals surface area contributed by atoms with Crippen molar-refractivity contribution >= 4 is 16.8 Å². The molecule has 0 unspecified atom stereocenters. The molecule has 0 fully saturated rings. The zero-order valence-corrected chi connectivity index (χ0v) is 9.73. The molecule has 10 heteroatoms. The number of carbonyl (C=O) groups excluding carboxylic acids is 1. The molecule has 4 nitrogen and oxygen atoms in total. The van der Waals surface area contributed by atoms with Crippen LogP contribution in [0.25, 0.3) is 0 Å². The summed E-state index contributed by atoms with van der Waals surface area (Å²) in [4.78, 5) is 13.9. The van der Waals surface area contributed by atoms with Crippen LogP contribution in [-0.4, -0.2) is 16.6 Å². The number of carbonyl (C=O) groups is 1. The van der Waals surface area contributed by atoms with Gasteiger partial charge < -0.3 is 10.5 Å². The Morgan fingerprint density at radius 3 is 2.42 bits per heavy atom. The Hall–Kier alpha value is -1.48. The van der Waals surface area contributed by atoms with Gasteiger partial charge >= 0.3 is 6.36 Å². The fourth-order valence-electron chi connectivity index (χ4n) is 1.27. The van der Waals surface area contributed by atoms with Gasteiger partial charge in [-0.05, 0) is 23.2 Å². The summed E-state index contributed by atoms with van der Waals surface area (Å²) in [7, 11) is 0. The average Bonchev–Trinajstić information content (AvgIpc) is 2.24. The summed E-state index contributed by atoms with van der Waals surface area (Å²) in [6.07, 6.45) is -8.54. The minimum Gasteiger partial charge on any atom is -0.387 e. The highest BCUT2D eigenvalue weighted by molar-refractivity contribution is 6.67. The molecule has 0 amide bonds. The van der Waals surface area contributed by atoms with Gasteiger partial charge in [-0.1, -0.05) is 0 Å². The molecule has 19 heavy (non-hydrogen) atoms. The van der Waals surface area contributed by atoms with Crippen LogP contribution in [0, 0.1) is 0 Å². The lowest BCUT2D eigenvalue weighted by Crippen LogP contribution is -2.21. The number of halogens is 6. The lowest BCUT2D eigenvalue weighted by molar-refractivity contribution is -0.276. The maximum atomic E-state index is 12.7. The minimum atomic E-state index is -5.24. The zero-order chi connectivity index (χ0) is 14.8. The van der Waals surface area contributed by atoms with E-state index < -0.39 is 47.3 Å². The molecule has 0 aliphatic heterocycles. The van der Waals surface area contributed by atoms with Gasteiger partial charge in [0.2, 0.25) is 5.88 Å². The first-order valence-electron chi connectivity index (χ1n) is 4.63. The van der Waals surface area contributed by atoms with Gasteiger partial charge in [0.1, 0.15) is 5.69 Å². The highest BCUT2D eigenvalue weighted by Gasteiger charge is 2.35. The van der Waals surface area contributed by atoms with Crippen LogP contribution in [0.5, 0.6) is 5.88 Å². The summed E-state index contributed by atoms with van der Waals surface area (Å²) in [5, 5.41) is -1.22. The van der Waals surface area contributed by atoms with Crippen LogP contribution < -0.4 is 10.5 Å². The van der Waals surface area contributed by atoms with Crippen molar-refractivity contribution in [2.24, 2.45) is 5.73 Å². The van der Waals surface area contributed by atoms with Crippen LogP contribution in [0.1, 0.15) is 28.0 Å². The third kappa shape index (κ3) is 4.00. The molecule has 1 rings (SSSR count). The molecule has 0 saturated heterocycles. The van der Waals surface area contributed by atoms with Crippen molar-refractivity contribution in [1.29, 1.82) is 0 Å². The smallest absolute Gasteiger partial charge is 0.387 e. The van der Waals surface area contributed by atoms with Gasteiger partial charge in [-0.15, -0.1) is 13.2 Å². The largest absolute Gasteiger partial charge is 0.574 e. The second-order valence-corrected chi connectivity index (χ2v) is 3.56.